The lowest BCUT2D eigenvalue weighted by Crippen LogP contribution is -2.31. The van der Waals surface area contributed by atoms with Crippen LogP contribution in [0.4, 0.5) is 0 Å². The Bertz CT molecular complexity index is 353. The highest BCUT2D eigenvalue weighted by Gasteiger charge is 2.29. The summed E-state index contributed by atoms with van der Waals surface area (Å²) in [6.07, 6.45) is 4.80. The van der Waals surface area contributed by atoms with E-state index in [4.69, 9.17) is 5.73 Å². The lowest BCUT2D eigenvalue weighted by Gasteiger charge is -2.33. The quantitative estimate of drug-likeness (QED) is 0.914. The van der Waals surface area contributed by atoms with Crippen LogP contribution in [0.15, 0.2) is 4.34 Å². The molecule has 0 spiro atoms. The van der Waals surface area contributed by atoms with Gasteiger partial charge in [0, 0.05) is 11.7 Å². The van der Waals surface area contributed by atoms with Crippen molar-refractivity contribution in [2.24, 2.45) is 17.6 Å². The molecule has 1 aromatic heterocycles. The van der Waals surface area contributed by atoms with Crippen LogP contribution in [0, 0.1) is 11.8 Å². The highest BCUT2D eigenvalue weighted by atomic mass is 32.2. The van der Waals surface area contributed by atoms with Crippen molar-refractivity contribution in [3.05, 3.63) is 5.82 Å². The van der Waals surface area contributed by atoms with Gasteiger partial charge >= 0.3 is 0 Å². The summed E-state index contributed by atoms with van der Waals surface area (Å²) in [5.74, 6) is 2.46. The van der Waals surface area contributed by atoms with Gasteiger partial charge in [0.15, 0.2) is 4.34 Å². The lowest BCUT2D eigenvalue weighted by molar-refractivity contribution is 0.306. The summed E-state index contributed by atoms with van der Waals surface area (Å²) in [6.45, 7) is 5.25. The Morgan fingerprint density at radius 3 is 2.94 bits per heavy atom. The average molecular weight is 271 g/mol. The van der Waals surface area contributed by atoms with Crippen LogP contribution in [0.2, 0.25) is 0 Å². The first-order chi connectivity index (χ1) is 8.22. The largest absolute Gasteiger partial charge is 0.330 e. The van der Waals surface area contributed by atoms with Crippen LogP contribution in [0.5, 0.6) is 0 Å². The standard InChI is InChI=1S/C12H21N3S2/c1-3-11-14-12(17-15-11)16-10-6-8(2)4-5-9(10)7-13/h8-10H,3-7,13H2,1-2H3. The molecule has 1 aromatic rings. The predicted molar refractivity (Wildman–Crippen MR) is 74.5 cm³/mol. The molecule has 0 bridgehead atoms. The van der Waals surface area contributed by atoms with Crippen molar-refractivity contribution in [2.75, 3.05) is 6.54 Å². The molecule has 1 heterocycles. The molecule has 0 aliphatic heterocycles. The number of nitrogens with zero attached hydrogens (tertiary/aromatic N) is 2. The molecule has 3 nitrogen and oxygen atoms in total. The Labute approximate surface area is 112 Å². The minimum absolute atomic E-state index is 0.640. The van der Waals surface area contributed by atoms with E-state index in [-0.39, 0.29) is 0 Å². The van der Waals surface area contributed by atoms with Gasteiger partial charge in [0.05, 0.1) is 0 Å². The van der Waals surface area contributed by atoms with Gasteiger partial charge in [0.1, 0.15) is 5.82 Å². The molecular formula is C12H21N3S2. The van der Waals surface area contributed by atoms with E-state index in [9.17, 15) is 0 Å². The SMILES string of the molecule is CCc1nsc(SC2CC(C)CCC2CN)n1. The Morgan fingerprint density at radius 1 is 1.47 bits per heavy atom. The number of hydrogen-bond donors (Lipinski definition) is 1. The number of aromatic nitrogens is 2. The van der Waals surface area contributed by atoms with Gasteiger partial charge in [-0.05, 0) is 42.8 Å². The van der Waals surface area contributed by atoms with Gasteiger partial charge in [-0.15, -0.1) is 0 Å². The third kappa shape index (κ3) is 3.42. The summed E-state index contributed by atoms with van der Waals surface area (Å²) in [4.78, 5) is 4.55. The van der Waals surface area contributed by atoms with Crippen LogP contribution in [0.1, 0.15) is 38.9 Å². The maximum Gasteiger partial charge on any atom is 0.170 e. The molecule has 0 aromatic carbocycles. The summed E-state index contributed by atoms with van der Waals surface area (Å²) in [6, 6.07) is 0. The van der Waals surface area contributed by atoms with Crippen molar-refractivity contribution in [1.29, 1.82) is 0 Å². The molecule has 1 aliphatic carbocycles. The van der Waals surface area contributed by atoms with Crippen molar-refractivity contribution >= 4 is 23.3 Å². The van der Waals surface area contributed by atoms with Gasteiger partial charge in [0.25, 0.3) is 0 Å². The monoisotopic (exact) mass is 271 g/mol. The van der Waals surface area contributed by atoms with E-state index in [0.29, 0.717) is 11.2 Å². The Morgan fingerprint density at radius 2 is 2.29 bits per heavy atom. The first-order valence-electron chi connectivity index (χ1n) is 6.42. The minimum Gasteiger partial charge on any atom is -0.330 e. The van der Waals surface area contributed by atoms with Gasteiger partial charge in [0.2, 0.25) is 0 Å². The van der Waals surface area contributed by atoms with E-state index in [2.05, 4.69) is 23.2 Å². The highest BCUT2D eigenvalue weighted by molar-refractivity contribution is 8.01. The van der Waals surface area contributed by atoms with Crippen molar-refractivity contribution < 1.29 is 0 Å². The molecular weight excluding hydrogens is 250 g/mol. The summed E-state index contributed by atoms with van der Waals surface area (Å²) in [7, 11) is 0. The molecule has 5 heteroatoms. The number of hydrogen-bond acceptors (Lipinski definition) is 5. The number of thioether (sulfide) groups is 1. The van der Waals surface area contributed by atoms with Crippen LogP contribution in [-0.2, 0) is 6.42 Å². The smallest absolute Gasteiger partial charge is 0.170 e. The molecule has 1 saturated carbocycles. The Kier molecular flexibility index (Phi) is 4.82. The van der Waals surface area contributed by atoms with E-state index in [1.807, 2.05) is 11.8 Å². The Hall–Kier alpha value is -0.130. The molecule has 0 saturated heterocycles. The van der Waals surface area contributed by atoms with E-state index in [0.717, 1.165) is 29.0 Å². The number of rotatable bonds is 4. The van der Waals surface area contributed by atoms with Crippen LogP contribution in [0.3, 0.4) is 0 Å². The molecule has 0 amide bonds. The van der Waals surface area contributed by atoms with Crippen molar-refractivity contribution in [3.8, 4) is 0 Å². The maximum absolute atomic E-state index is 5.88. The van der Waals surface area contributed by atoms with Crippen molar-refractivity contribution in [2.45, 2.75) is 49.1 Å². The Balaban J connectivity index is 1.99. The molecule has 2 N–H and O–H groups in total. The van der Waals surface area contributed by atoms with E-state index < -0.39 is 0 Å². The fourth-order valence-electron chi connectivity index (χ4n) is 2.36. The zero-order chi connectivity index (χ0) is 12.3. The van der Waals surface area contributed by atoms with Gasteiger partial charge in [-0.2, -0.15) is 4.37 Å². The maximum atomic E-state index is 5.88. The zero-order valence-electron chi connectivity index (χ0n) is 10.6. The number of aryl methyl sites for hydroxylation is 1. The molecule has 17 heavy (non-hydrogen) atoms. The number of nitrogens with two attached hydrogens (primary N) is 1. The van der Waals surface area contributed by atoms with Crippen molar-refractivity contribution in [3.63, 3.8) is 0 Å². The van der Waals surface area contributed by atoms with E-state index in [1.54, 1.807) is 11.5 Å². The second-order valence-corrected chi connectivity index (χ2v) is 7.14. The van der Waals surface area contributed by atoms with E-state index in [1.165, 1.54) is 19.3 Å². The lowest BCUT2D eigenvalue weighted by atomic mass is 9.82. The summed E-state index contributed by atoms with van der Waals surface area (Å²) >= 11 is 3.44. The molecule has 96 valence electrons. The van der Waals surface area contributed by atoms with E-state index >= 15 is 0 Å². The van der Waals surface area contributed by atoms with Crippen molar-refractivity contribution in [1.82, 2.24) is 9.36 Å². The summed E-state index contributed by atoms with van der Waals surface area (Å²) in [5, 5.41) is 0.640. The van der Waals surface area contributed by atoms with Crippen LogP contribution in [0.25, 0.3) is 0 Å². The van der Waals surface area contributed by atoms with Gasteiger partial charge in [-0.1, -0.05) is 32.0 Å². The first-order valence-corrected chi connectivity index (χ1v) is 8.07. The summed E-state index contributed by atoms with van der Waals surface area (Å²) < 4.78 is 5.47. The van der Waals surface area contributed by atoms with Crippen LogP contribution >= 0.6 is 23.3 Å². The third-order valence-electron chi connectivity index (χ3n) is 3.51. The minimum atomic E-state index is 0.640. The topological polar surface area (TPSA) is 51.8 Å². The second kappa shape index (κ2) is 6.16. The highest BCUT2D eigenvalue weighted by Crippen LogP contribution is 2.39. The fraction of sp³-hybridized carbons (Fsp3) is 0.833. The first kappa shape index (κ1) is 13.3. The molecule has 1 aliphatic rings. The van der Waals surface area contributed by atoms with Gasteiger partial charge < -0.3 is 5.73 Å². The molecule has 3 atom stereocenters. The predicted octanol–water partition coefficient (Wildman–Crippen LogP) is 2.96. The normalized spacial score (nSPS) is 29.5. The molecule has 0 radical (unpaired) electrons. The second-order valence-electron chi connectivity index (χ2n) is 4.90. The molecule has 3 unspecified atom stereocenters. The van der Waals surface area contributed by atoms with Gasteiger partial charge in [-0.3, -0.25) is 0 Å². The van der Waals surface area contributed by atoms with Crippen LogP contribution in [-0.4, -0.2) is 21.2 Å². The fourth-order valence-corrected chi connectivity index (χ4v) is 4.80. The van der Waals surface area contributed by atoms with Crippen LogP contribution < -0.4 is 5.73 Å². The third-order valence-corrected chi connectivity index (χ3v) is 5.75. The average Bonchev–Trinajstić information content (AvgIpc) is 2.77. The van der Waals surface area contributed by atoms with Gasteiger partial charge in [-0.25, -0.2) is 4.98 Å². The zero-order valence-corrected chi connectivity index (χ0v) is 12.2. The molecule has 1 fully saturated rings. The molecule has 2 rings (SSSR count). The summed E-state index contributed by atoms with van der Waals surface area (Å²) in [5.41, 5.74) is 5.88.